The molecule has 1 heterocycles. The Hall–Kier alpha value is -2.01. The minimum absolute atomic E-state index is 0.116. The molecule has 0 fully saturated rings. The fraction of sp³-hybridized carbons (Fsp3) is 0.400. The first kappa shape index (κ1) is 14.4. The number of hydrogen-bond acceptors (Lipinski definition) is 4. The number of amides is 1. The third kappa shape index (κ3) is 3.11. The third-order valence-corrected chi connectivity index (χ3v) is 3.23. The molecule has 0 aliphatic carbocycles. The van der Waals surface area contributed by atoms with Crippen LogP contribution in [0.25, 0.3) is 11.0 Å². The van der Waals surface area contributed by atoms with Gasteiger partial charge in [0.15, 0.2) is 0 Å². The summed E-state index contributed by atoms with van der Waals surface area (Å²) in [5.74, 6) is -0.134. The zero-order valence-electron chi connectivity index (χ0n) is 12.1. The van der Waals surface area contributed by atoms with E-state index in [2.05, 4.69) is 9.97 Å². The molecule has 0 aliphatic heterocycles. The summed E-state index contributed by atoms with van der Waals surface area (Å²) >= 11 is 0. The number of benzene rings is 1. The quantitative estimate of drug-likeness (QED) is 0.919. The van der Waals surface area contributed by atoms with Crippen LogP contribution in [-0.4, -0.2) is 40.9 Å². The van der Waals surface area contributed by atoms with Gasteiger partial charge in [0.05, 0.1) is 17.2 Å². The van der Waals surface area contributed by atoms with Gasteiger partial charge in [-0.15, -0.1) is 0 Å². The van der Waals surface area contributed by atoms with Crippen LogP contribution in [0.1, 0.15) is 24.3 Å². The average molecular weight is 272 g/mol. The first-order valence-electron chi connectivity index (χ1n) is 6.60. The van der Waals surface area contributed by atoms with E-state index in [1.165, 1.54) is 6.20 Å². The molecule has 0 spiro atoms. The molecular formula is C15H20N4O. The van der Waals surface area contributed by atoms with Crippen LogP contribution in [-0.2, 0) is 0 Å². The Bertz CT molecular complexity index is 624. The van der Waals surface area contributed by atoms with Crippen molar-refractivity contribution in [2.45, 2.75) is 13.8 Å². The largest absolute Gasteiger partial charge is 0.340 e. The fourth-order valence-corrected chi connectivity index (χ4v) is 2.03. The standard InChI is InChI=1S/C15H20N4O/c1-15(2,9-16)10-19(3)14(20)13-8-17-11-6-4-5-7-12(11)18-13/h4-8H,9-10,16H2,1-3H3. The summed E-state index contributed by atoms with van der Waals surface area (Å²) in [6, 6.07) is 7.50. The molecule has 106 valence electrons. The van der Waals surface area contributed by atoms with Gasteiger partial charge in [-0.2, -0.15) is 0 Å². The number of carbonyl (C=O) groups is 1. The van der Waals surface area contributed by atoms with E-state index in [0.717, 1.165) is 11.0 Å². The average Bonchev–Trinajstić information content (AvgIpc) is 2.45. The highest BCUT2D eigenvalue weighted by molar-refractivity contribution is 5.93. The lowest BCUT2D eigenvalue weighted by Gasteiger charge is -2.28. The monoisotopic (exact) mass is 272 g/mol. The normalized spacial score (nSPS) is 11.6. The molecular weight excluding hydrogens is 252 g/mol. The molecule has 0 aliphatic rings. The Morgan fingerprint density at radius 3 is 2.60 bits per heavy atom. The van der Waals surface area contributed by atoms with Crippen molar-refractivity contribution in [2.24, 2.45) is 11.1 Å². The van der Waals surface area contributed by atoms with Crippen LogP contribution in [0.3, 0.4) is 0 Å². The summed E-state index contributed by atoms with van der Waals surface area (Å²) < 4.78 is 0. The van der Waals surface area contributed by atoms with Crippen LogP contribution in [0.5, 0.6) is 0 Å². The lowest BCUT2D eigenvalue weighted by atomic mass is 9.93. The van der Waals surface area contributed by atoms with Gasteiger partial charge in [-0.1, -0.05) is 26.0 Å². The Morgan fingerprint density at radius 2 is 1.95 bits per heavy atom. The van der Waals surface area contributed by atoms with E-state index in [0.29, 0.717) is 18.8 Å². The van der Waals surface area contributed by atoms with Crippen molar-refractivity contribution in [1.29, 1.82) is 0 Å². The molecule has 5 nitrogen and oxygen atoms in total. The van der Waals surface area contributed by atoms with E-state index in [-0.39, 0.29) is 11.3 Å². The maximum absolute atomic E-state index is 12.4. The Morgan fingerprint density at radius 1 is 1.30 bits per heavy atom. The van der Waals surface area contributed by atoms with Gasteiger partial charge in [-0.25, -0.2) is 4.98 Å². The molecule has 0 saturated heterocycles. The topological polar surface area (TPSA) is 72.1 Å². The van der Waals surface area contributed by atoms with Crippen LogP contribution < -0.4 is 5.73 Å². The molecule has 0 radical (unpaired) electrons. The van der Waals surface area contributed by atoms with E-state index in [1.54, 1.807) is 11.9 Å². The molecule has 0 saturated carbocycles. The summed E-state index contributed by atoms with van der Waals surface area (Å²) in [5.41, 5.74) is 7.46. The van der Waals surface area contributed by atoms with Crippen LogP contribution in [0.15, 0.2) is 30.5 Å². The molecule has 0 unspecified atom stereocenters. The van der Waals surface area contributed by atoms with Gasteiger partial charge in [-0.05, 0) is 24.1 Å². The van der Waals surface area contributed by atoms with Gasteiger partial charge in [0.2, 0.25) is 0 Å². The molecule has 0 bridgehead atoms. The van der Waals surface area contributed by atoms with Crippen molar-refractivity contribution < 1.29 is 4.79 Å². The first-order chi connectivity index (χ1) is 9.43. The van der Waals surface area contributed by atoms with Crippen molar-refractivity contribution in [3.8, 4) is 0 Å². The second-order valence-electron chi connectivity index (χ2n) is 5.77. The number of nitrogens with zero attached hydrogens (tertiary/aromatic N) is 3. The van der Waals surface area contributed by atoms with Gasteiger partial charge >= 0.3 is 0 Å². The van der Waals surface area contributed by atoms with E-state index < -0.39 is 0 Å². The molecule has 20 heavy (non-hydrogen) atoms. The zero-order valence-corrected chi connectivity index (χ0v) is 12.1. The molecule has 2 rings (SSSR count). The summed E-state index contributed by atoms with van der Waals surface area (Å²) in [6.07, 6.45) is 1.52. The molecule has 1 aromatic carbocycles. The van der Waals surface area contributed by atoms with Crippen LogP contribution in [0.4, 0.5) is 0 Å². The smallest absolute Gasteiger partial charge is 0.273 e. The molecule has 2 N–H and O–H groups in total. The van der Waals surface area contributed by atoms with Crippen molar-refractivity contribution >= 4 is 16.9 Å². The van der Waals surface area contributed by atoms with E-state index in [9.17, 15) is 4.79 Å². The molecule has 1 aromatic heterocycles. The van der Waals surface area contributed by atoms with Crippen molar-refractivity contribution in [3.05, 3.63) is 36.2 Å². The summed E-state index contributed by atoms with van der Waals surface area (Å²) in [4.78, 5) is 22.6. The Balaban J connectivity index is 2.22. The minimum atomic E-state index is -0.134. The second-order valence-corrected chi connectivity index (χ2v) is 5.77. The van der Waals surface area contributed by atoms with Gasteiger partial charge < -0.3 is 10.6 Å². The predicted octanol–water partition coefficient (Wildman–Crippen LogP) is 1.69. The summed E-state index contributed by atoms with van der Waals surface area (Å²) in [5, 5.41) is 0. The number of aromatic nitrogens is 2. The van der Waals surface area contributed by atoms with Crippen LogP contribution in [0.2, 0.25) is 0 Å². The number of para-hydroxylation sites is 2. The van der Waals surface area contributed by atoms with Gasteiger partial charge in [0.25, 0.3) is 5.91 Å². The van der Waals surface area contributed by atoms with Gasteiger partial charge in [-0.3, -0.25) is 9.78 Å². The fourth-order valence-electron chi connectivity index (χ4n) is 2.03. The van der Waals surface area contributed by atoms with Crippen molar-refractivity contribution in [2.75, 3.05) is 20.1 Å². The molecule has 2 aromatic rings. The molecule has 5 heteroatoms. The number of hydrogen-bond donors (Lipinski definition) is 1. The number of fused-ring (bicyclic) bond motifs is 1. The van der Waals surface area contributed by atoms with E-state index in [4.69, 9.17) is 5.73 Å². The van der Waals surface area contributed by atoms with E-state index in [1.807, 2.05) is 38.1 Å². The van der Waals surface area contributed by atoms with Crippen molar-refractivity contribution in [3.63, 3.8) is 0 Å². The number of carbonyl (C=O) groups excluding carboxylic acids is 1. The SMILES string of the molecule is CN(CC(C)(C)CN)C(=O)c1cnc2ccccc2n1. The lowest BCUT2D eigenvalue weighted by Crippen LogP contribution is -2.40. The first-order valence-corrected chi connectivity index (χ1v) is 6.60. The van der Waals surface area contributed by atoms with Gasteiger partial charge in [0.1, 0.15) is 5.69 Å². The maximum atomic E-state index is 12.4. The Kier molecular flexibility index (Phi) is 3.99. The summed E-state index contributed by atoms with van der Waals surface area (Å²) in [7, 11) is 1.76. The molecule has 0 atom stereocenters. The van der Waals surface area contributed by atoms with Crippen LogP contribution >= 0.6 is 0 Å². The van der Waals surface area contributed by atoms with Crippen LogP contribution in [0, 0.1) is 5.41 Å². The van der Waals surface area contributed by atoms with Gasteiger partial charge in [0, 0.05) is 13.6 Å². The lowest BCUT2D eigenvalue weighted by molar-refractivity contribution is 0.0734. The minimum Gasteiger partial charge on any atom is -0.340 e. The second kappa shape index (κ2) is 5.54. The third-order valence-electron chi connectivity index (χ3n) is 3.23. The highest BCUT2D eigenvalue weighted by Gasteiger charge is 2.22. The number of nitrogens with two attached hydrogens (primary N) is 1. The molecule has 1 amide bonds. The highest BCUT2D eigenvalue weighted by Crippen LogP contribution is 2.16. The highest BCUT2D eigenvalue weighted by atomic mass is 16.2. The maximum Gasteiger partial charge on any atom is 0.273 e. The predicted molar refractivity (Wildman–Crippen MR) is 79.3 cm³/mol. The van der Waals surface area contributed by atoms with E-state index >= 15 is 0 Å². The number of rotatable bonds is 4. The van der Waals surface area contributed by atoms with Crippen molar-refractivity contribution in [1.82, 2.24) is 14.9 Å². The zero-order chi connectivity index (χ0) is 14.8. The summed E-state index contributed by atoms with van der Waals surface area (Å²) in [6.45, 7) is 5.16. The Labute approximate surface area is 118 Å².